The van der Waals surface area contributed by atoms with Gasteiger partial charge in [0.2, 0.25) is 20.0 Å². The lowest BCUT2D eigenvalue weighted by Gasteiger charge is -2.34. The number of nitrogens with zero attached hydrogens (tertiary/aromatic N) is 4. The number of morpholine rings is 1. The average molecular weight is 496 g/mol. The van der Waals surface area contributed by atoms with Gasteiger partial charge in [0.15, 0.2) is 0 Å². The molecule has 3 heterocycles. The van der Waals surface area contributed by atoms with Gasteiger partial charge in [-0.1, -0.05) is 6.07 Å². The van der Waals surface area contributed by atoms with Crippen LogP contribution >= 0.6 is 0 Å². The van der Waals surface area contributed by atoms with Gasteiger partial charge in [0.25, 0.3) is 0 Å². The predicted molar refractivity (Wildman–Crippen MR) is 120 cm³/mol. The van der Waals surface area contributed by atoms with E-state index in [1.807, 2.05) is 0 Å². The average Bonchev–Trinajstić information content (AvgIpc) is 2.85. The number of carbonyl (C=O) groups excluding carboxylic acids is 1. The molecule has 1 aromatic heterocycles. The second-order valence-electron chi connectivity index (χ2n) is 7.55. The second kappa shape index (κ2) is 9.73. The van der Waals surface area contributed by atoms with Gasteiger partial charge in [-0.05, 0) is 30.3 Å². The predicted octanol–water partition coefficient (Wildman–Crippen LogP) is 0.641. The van der Waals surface area contributed by atoms with E-state index in [0.717, 1.165) is 0 Å². The number of hydrogen-bond donors (Lipinski definition) is 1. The van der Waals surface area contributed by atoms with Gasteiger partial charge in [-0.15, -0.1) is 0 Å². The Labute approximate surface area is 193 Å². The Hall–Kier alpha value is -2.58. The fourth-order valence-corrected chi connectivity index (χ4v) is 6.49. The molecule has 4 rings (SSSR count). The Kier molecular flexibility index (Phi) is 6.95. The zero-order valence-corrected chi connectivity index (χ0v) is 19.5. The number of benzene rings is 1. The van der Waals surface area contributed by atoms with Crippen LogP contribution in [0.5, 0.6) is 0 Å². The van der Waals surface area contributed by atoms with Crippen LogP contribution in [0, 0.1) is 0 Å². The number of aromatic nitrogens is 1. The van der Waals surface area contributed by atoms with Crippen molar-refractivity contribution < 1.29 is 26.4 Å². The maximum Gasteiger partial charge on any atom is 0.321 e. The van der Waals surface area contributed by atoms with Crippen LogP contribution in [0.2, 0.25) is 0 Å². The van der Waals surface area contributed by atoms with Crippen molar-refractivity contribution in [3.63, 3.8) is 0 Å². The van der Waals surface area contributed by atoms with Crippen molar-refractivity contribution in [3.8, 4) is 0 Å². The van der Waals surface area contributed by atoms with E-state index in [9.17, 15) is 21.6 Å². The molecule has 1 aromatic carbocycles. The molecule has 33 heavy (non-hydrogen) atoms. The number of anilines is 1. The van der Waals surface area contributed by atoms with Gasteiger partial charge in [0.05, 0.1) is 18.1 Å². The first kappa shape index (κ1) is 23.6. The summed E-state index contributed by atoms with van der Waals surface area (Å²) < 4.78 is 59.0. The lowest BCUT2D eigenvalue weighted by molar-refractivity contribution is 0.0730. The molecule has 2 aromatic rings. The number of carbonyl (C=O) groups is 1. The first-order valence-corrected chi connectivity index (χ1v) is 13.3. The molecule has 2 amide bonds. The standard InChI is InChI=1S/C20H25N5O6S2/c26-20(23-7-9-24(10-8-23)33(29,30)19-5-2-6-21-16-19)22-17-3-1-4-18(15-17)32(27,28)25-11-13-31-14-12-25/h1-6,15-16H,7-14H2,(H,22,26). The number of sulfonamides is 2. The monoisotopic (exact) mass is 495 g/mol. The minimum atomic E-state index is -3.69. The van der Waals surface area contributed by atoms with Crippen LogP contribution in [0.1, 0.15) is 0 Å². The molecular formula is C20H25N5O6S2. The van der Waals surface area contributed by atoms with E-state index < -0.39 is 26.1 Å². The molecule has 13 heteroatoms. The fourth-order valence-electron chi connectivity index (χ4n) is 3.65. The third kappa shape index (κ3) is 5.17. The molecule has 2 fully saturated rings. The third-order valence-corrected chi connectivity index (χ3v) is 9.27. The Morgan fingerprint density at radius 3 is 2.15 bits per heavy atom. The number of amides is 2. The lowest BCUT2D eigenvalue weighted by Crippen LogP contribution is -2.51. The zero-order valence-electron chi connectivity index (χ0n) is 17.8. The van der Waals surface area contributed by atoms with Crippen LogP contribution in [0.4, 0.5) is 10.5 Å². The quantitative estimate of drug-likeness (QED) is 0.644. The maximum absolute atomic E-state index is 12.9. The molecule has 0 unspecified atom stereocenters. The first-order valence-electron chi connectivity index (χ1n) is 10.4. The summed E-state index contributed by atoms with van der Waals surface area (Å²) in [5.74, 6) is 0. The summed E-state index contributed by atoms with van der Waals surface area (Å²) in [7, 11) is -7.36. The summed E-state index contributed by atoms with van der Waals surface area (Å²) >= 11 is 0. The Bertz CT molecular complexity index is 1190. The summed E-state index contributed by atoms with van der Waals surface area (Å²) in [5, 5.41) is 2.71. The van der Waals surface area contributed by atoms with E-state index >= 15 is 0 Å². The summed E-state index contributed by atoms with van der Waals surface area (Å²) in [4.78, 5) is 18.3. The van der Waals surface area contributed by atoms with Crippen LogP contribution in [0.3, 0.4) is 0 Å². The van der Waals surface area contributed by atoms with Gasteiger partial charge in [-0.3, -0.25) is 4.98 Å². The van der Waals surface area contributed by atoms with Gasteiger partial charge in [-0.2, -0.15) is 8.61 Å². The van der Waals surface area contributed by atoms with Crippen molar-refractivity contribution in [1.82, 2.24) is 18.5 Å². The van der Waals surface area contributed by atoms with Crippen LogP contribution in [-0.4, -0.2) is 93.8 Å². The Balaban J connectivity index is 1.38. The van der Waals surface area contributed by atoms with E-state index in [-0.39, 0.29) is 49.1 Å². The van der Waals surface area contributed by atoms with Crippen molar-refractivity contribution in [2.24, 2.45) is 0 Å². The number of hydrogen-bond acceptors (Lipinski definition) is 7. The first-order chi connectivity index (χ1) is 15.8. The van der Waals surface area contributed by atoms with Crippen LogP contribution in [0.25, 0.3) is 0 Å². The lowest BCUT2D eigenvalue weighted by atomic mass is 10.3. The number of nitrogens with one attached hydrogen (secondary N) is 1. The van der Waals surface area contributed by atoms with Gasteiger partial charge >= 0.3 is 6.03 Å². The van der Waals surface area contributed by atoms with Crippen molar-refractivity contribution in [2.75, 3.05) is 57.8 Å². The van der Waals surface area contributed by atoms with Gasteiger partial charge < -0.3 is 15.0 Å². The van der Waals surface area contributed by atoms with E-state index in [2.05, 4.69) is 10.3 Å². The van der Waals surface area contributed by atoms with Gasteiger partial charge in [-0.25, -0.2) is 21.6 Å². The molecule has 2 saturated heterocycles. The van der Waals surface area contributed by atoms with E-state index in [4.69, 9.17) is 4.74 Å². The Morgan fingerprint density at radius 2 is 1.48 bits per heavy atom. The van der Waals surface area contributed by atoms with Crippen molar-refractivity contribution in [2.45, 2.75) is 9.79 Å². The normalized spacial score (nSPS) is 18.7. The molecule has 1 N–H and O–H groups in total. The molecule has 0 radical (unpaired) electrons. The molecule has 0 saturated carbocycles. The fraction of sp³-hybridized carbons (Fsp3) is 0.400. The number of pyridine rings is 1. The van der Waals surface area contributed by atoms with Crippen LogP contribution in [-0.2, 0) is 24.8 Å². The molecule has 2 aliphatic rings. The number of urea groups is 1. The highest BCUT2D eigenvalue weighted by Gasteiger charge is 2.31. The molecule has 2 aliphatic heterocycles. The van der Waals surface area contributed by atoms with Gasteiger partial charge in [0.1, 0.15) is 4.90 Å². The SMILES string of the molecule is O=C(Nc1cccc(S(=O)(=O)N2CCOCC2)c1)N1CCN(S(=O)(=O)c2cccnc2)CC1. The highest BCUT2D eigenvalue weighted by molar-refractivity contribution is 7.89. The molecular weight excluding hydrogens is 470 g/mol. The second-order valence-corrected chi connectivity index (χ2v) is 11.4. The minimum Gasteiger partial charge on any atom is -0.379 e. The molecule has 0 atom stereocenters. The van der Waals surface area contributed by atoms with Crippen LogP contribution < -0.4 is 5.32 Å². The van der Waals surface area contributed by atoms with Crippen molar-refractivity contribution in [1.29, 1.82) is 0 Å². The minimum absolute atomic E-state index is 0.0922. The molecule has 0 bridgehead atoms. The van der Waals surface area contributed by atoms with Gasteiger partial charge in [0, 0.05) is 57.3 Å². The highest BCUT2D eigenvalue weighted by Crippen LogP contribution is 2.21. The number of piperazine rings is 1. The molecule has 0 aliphatic carbocycles. The summed E-state index contributed by atoms with van der Waals surface area (Å²) in [6.07, 6.45) is 2.80. The summed E-state index contributed by atoms with van der Waals surface area (Å²) in [6, 6.07) is 8.72. The van der Waals surface area contributed by atoms with E-state index in [1.165, 1.54) is 44.1 Å². The summed E-state index contributed by atoms with van der Waals surface area (Å²) in [5.41, 5.74) is 0.347. The zero-order chi connectivity index (χ0) is 23.5. The third-order valence-electron chi connectivity index (χ3n) is 5.49. The van der Waals surface area contributed by atoms with E-state index in [1.54, 1.807) is 18.2 Å². The maximum atomic E-state index is 12.9. The van der Waals surface area contributed by atoms with Crippen molar-refractivity contribution in [3.05, 3.63) is 48.8 Å². The molecule has 0 spiro atoms. The highest BCUT2D eigenvalue weighted by atomic mass is 32.2. The molecule has 178 valence electrons. The topological polar surface area (TPSA) is 129 Å². The van der Waals surface area contributed by atoms with E-state index in [0.29, 0.717) is 18.9 Å². The van der Waals surface area contributed by atoms with Crippen LogP contribution in [0.15, 0.2) is 58.6 Å². The summed E-state index contributed by atoms with van der Waals surface area (Å²) in [6.45, 7) is 1.97. The number of ether oxygens (including phenoxy) is 1. The van der Waals surface area contributed by atoms with Crippen molar-refractivity contribution >= 4 is 31.8 Å². The molecule has 11 nitrogen and oxygen atoms in total. The largest absolute Gasteiger partial charge is 0.379 e. The Morgan fingerprint density at radius 1 is 0.848 bits per heavy atom. The number of rotatable bonds is 5. The smallest absolute Gasteiger partial charge is 0.321 e.